The third-order valence-corrected chi connectivity index (χ3v) is 17.9. The van der Waals surface area contributed by atoms with E-state index < -0.39 is 12.1 Å². The van der Waals surface area contributed by atoms with Crippen LogP contribution in [0.25, 0.3) is 0 Å². The van der Waals surface area contributed by atoms with Gasteiger partial charge in [0.25, 0.3) is 0 Å². The molecule has 0 saturated heterocycles. The van der Waals surface area contributed by atoms with Crippen molar-refractivity contribution in [3.63, 3.8) is 0 Å². The van der Waals surface area contributed by atoms with E-state index in [1.165, 1.54) is 366 Å². The van der Waals surface area contributed by atoms with Crippen LogP contribution in [0, 0.1) is 0 Å². The second-order valence-electron chi connectivity index (χ2n) is 26.0. The number of amides is 1. The van der Waals surface area contributed by atoms with Crippen molar-refractivity contribution in [3.8, 4) is 0 Å². The first-order valence-electron chi connectivity index (χ1n) is 37.3. The van der Waals surface area contributed by atoms with E-state index in [1.54, 1.807) is 0 Å². The van der Waals surface area contributed by atoms with E-state index in [2.05, 4.69) is 19.2 Å². The van der Waals surface area contributed by atoms with Gasteiger partial charge in [-0.3, -0.25) is 9.59 Å². The highest BCUT2D eigenvalue weighted by molar-refractivity contribution is 5.76. The Bertz CT molecular complexity index is 1160. The Morgan fingerprint density at radius 1 is 0.300 bits per heavy atom. The Kier molecular flexibility index (Phi) is 69.3. The van der Waals surface area contributed by atoms with E-state index in [1.807, 2.05) is 0 Å². The Morgan fingerprint density at radius 2 is 0.512 bits per heavy atom. The highest BCUT2D eigenvalue weighted by Crippen LogP contribution is 2.20. The maximum Gasteiger partial charge on any atom is 0.305 e. The van der Waals surface area contributed by atoms with Crippen molar-refractivity contribution in [1.82, 2.24) is 5.32 Å². The summed E-state index contributed by atoms with van der Waals surface area (Å²) in [5.74, 6) is -0.00410. The Balaban J connectivity index is 3.33. The third-order valence-electron chi connectivity index (χ3n) is 17.9. The molecule has 0 fully saturated rings. The van der Waals surface area contributed by atoms with Crippen LogP contribution in [0.4, 0.5) is 0 Å². The Hall–Kier alpha value is -1.14. The second-order valence-corrected chi connectivity index (χ2v) is 26.0. The lowest BCUT2D eigenvalue weighted by Crippen LogP contribution is -2.45. The summed E-state index contributed by atoms with van der Waals surface area (Å²) in [6.07, 6.45) is 85.9. The molecule has 0 heterocycles. The fraction of sp³-hybridized carbons (Fsp3) is 0.973. The van der Waals surface area contributed by atoms with Crippen molar-refractivity contribution in [2.24, 2.45) is 0 Å². The molecule has 0 radical (unpaired) electrons. The van der Waals surface area contributed by atoms with E-state index >= 15 is 0 Å². The molecule has 2 atom stereocenters. The number of carbonyl (C=O) groups excluding carboxylic acids is 2. The number of carbonyl (C=O) groups is 2. The van der Waals surface area contributed by atoms with E-state index in [9.17, 15) is 19.8 Å². The number of aliphatic hydroxyl groups is 2. The van der Waals surface area contributed by atoms with Crippen molar-refractivity contribution < 1.29 is 24.5 Å². The monoisotopic (exact) mass is 1130 g/mol. The van der Waals surface area contributed by atoms with Gasteiger partial charge in [0.05, 0.1) is 25.4 Å². The molecule has 3 N–H and O–H groups in total. The zero-order valence-electron chi connectivity index (χ0n) is 54.9. The van der Waals surface area contributed by atoms with Crippen LogP contribution in [0.2, 0.25) is 0 Å². The topological polar surface area (TPSA) is 95.9 Å². The predicted octanol–water partition coefficient (Wildman–Crippen LogP) is 24.2. The van der Waals surface area contributed by atoms with Crippen LogP contribution < -0.4 is 5.32 Å². The molecule has 0 aliphatic rings. The molecule has 2 unspecified atom stereocenters. The lowest BCUT2D eigenvalue weighted by atomic mass is 10.0. The molecule has 0 spiro atoms. The van der Waals surface area contributed by atoms with Gasteiger partial charge in [0, 0.05) is 12.8 Å². The van der Waals surface area contributed by atoms with Gasteiger partial charge in [-0.15, -0.1) is 0 Å². The van der Waals surface area contributed by atoms with Crippen LogP contribution in [-0.2, 0) is 14.3 Å². The van der Waals surface area contributed by atoms with Gasteiger partial charge in [-0.2, -0.15) is 0 Å². The van der Waals surface area contributed by atoms with Gasteiger partial charge in [-0.25, -0.2) is 0 Å². The summed E-state index contributed by atoms with van der Waals surface area (Å²) in [6, 6.07) is -0.539. The molecule has 0 aliphatic heterocycles. The Morgan fingerprint density at radius 3 is 0.762 bits per heavy atom. The van der Waals surface area contributed by atoms with Gasteiger partial charge in [-0.05, 0) is 25.7 Å². The van der Waals surface area contributed by atoms with E-state index in [0.29, 0.717) is 25.9 Å². The van der Waals surface area contributed by atoms with Crippen LogP contribution in [0.1, 0.15) is 438 Å². The maximum absolute atomic E-state index is 12.5. The van der Waals surface area contributed by atoms with Gasteiger partial charge < -0.3 is 20.3 Å². The van der Waals surface area contributed by atoms with Gasteiger partial charge in [0.1, 0.15) is 0 Å². The molecule has 6 nitrogen and oxygen atoms in total. The SMILES string of the molecule is CCCCCCCCCCCCCCCCCCCCCC(O)C(CO)NC(=O)CCCCCCCCCCCCCCCCCCCCCCCCCCCCOC(=O)CCCCCCCCCCCCCCCCCCCC. The van der Waals surface area contributed by atoms with Gasteiger partial charge in [-0.1, -0.05) is 399 Å². The minimum Gasteiger partial charge on any atom is -0.466 e. The average molecular weight is 1130 g/mol. The molecular weight excluding hydrogens is 983 g/mol. The van der Waals surface area contributed by atoms with E-state index in [4.69, 9.17) is 4.74 Å². The smallest absolute Gasteiger partial charge is 0.305 e. The largest absolute Gasteiger partial charge is 0.466 e. The summed E-state index contributed by atoms with van der Waals surface area (Å²) in [6.45, 7) is 5.01. The third kappa shape index (κ3) is 66.0. The standard InChI is InChI=1S/C74H147NO5/c1-3-5-7-9-11-13-15-17-19-21-31-34-38-42-46-50-54-58-62-66-72(77)71(70-76)75-73(78)67-63-59-55-51-47-43-39-35-32-29-27-25-23-24-26-28-30-33-37-41-45-49-53-57-61-65-69-80-74(79)68-64-60-56-52-48-44-40-36-22-20-18-16-14-12-10-8-6-4-2/h71-72,76-77H,3-70H2,1-2H3,(H,75,78). The fourth-order valence-corrected chi connectivity index (χ4v) is 12.2. The normalized spacial score (nSPS) is 12.4. The summed E-state index contributed by atoms with van der Waals surface area (Å²) in [7, 11) is 0. The maximum atomic E-state index is 12.5. The minimum absolute atomic E-state index is 0.0233. The summed E-state index contributed by atoms with van der Waals surface area (Å²) >= 11 is 0. The molecule has 1 amide bonds. The van der Waals surface area contributed by atoms with Gasteiger partial charge in [0.15, 0.2) is 0 Å². The number of unbranched alkanes of at least 4 members (excludes halogenated alkanes) is 60. The molecule has 0 aliphatic carbocycles. The lowest BCUT2D eigenvalue weighted by molar-refractivity contribution is -0.143. The van der Waals surface area contributed by atoms with E-state index in [0.717, 1.165) is 38.5 Å². The molecule has 0 rings (SSSR count). The fourth-order valence-electron chi connectivity index (χ4n) is 12.2. The first kappa shape index (κ1) is 78.9. The zero-order valence-corrected chi connectivity index (χ0v) is 54.9. The Labute approximate surface area is 502 Å². The molecule has 0 bridgehead atoms. The zero-order chi connectivity index (χ0) is 57.8. The number of hydrogen-bond acceptors (Lipinski definition) is 5. The van der Waals surface area contributed by atoms with E-state index in [-0.39, 0.29) is 18.5 Å². The van der Waals surface area contributed by atoms with Crippen LogP contribution in [-0.4, -0.2) is 47.4 Å². The van der Waals surface area contributed by atoms with Gasteiger partial charge >= 0.3 is 5.97 Å². The molecule has 478 valence electrons. The summed E-state index contributed by atoms with van der Waals surface area (Å²) in [5.41, 5.74) is 0. The highest BCUT2D eigenvalue weighted by Gasteiger charge is 2.20. The van der Waals surface area contributed by atoms with Crippen LogP contribution in [0.5, 0.6) is 0 Å². The summed E-state index contributed by atoms with van der Waals surface area (Å²) in [4.78, 5) is 24.7. The van der Waals surface area contributed by atoms with Gasteiger partial charge in [0.2, 0.25) is 5.91 Å². The summed E-state index contributed by atoms with van der Waals surface area (Å²) in [5, 5.41) is 23.4. The van der Waals surface area contributed by atoms with Crippen molar-refractivity contribution >= 4 is 11.9 Å². The number of rotatable bonds is 71. The predicted molar refractivity (Wildman–Crippen MR) is 352 cm³/mol. The molecule has 0 saturated carbocycles. The average Bonchev–Trinajstić information content (AvgIpc) is 3.46. The molecule has 0 aromatic heterocycles. The summed E-state index contributed by atoms with van der Waals surface area (Å²) < 4.78 is 5.52. The first-order chi connectivity index (χ1) is 39.5. The molecular formula is C74H147NO5. The first-order valence-corrected chi connectivity index (χ1v) is 37.3. The quantitative estimate of drug-likeness (QED) is 0.0417. The van der Waals surface area contributed by atoms with Crippen molar-refractivity contribution in [2.75, 3.05) is 13.2 Å². The van der Waals surface area contributed by atoms with Crippen LogP contribution in [0.15, 0.2) is 0 Å². The van der Waals surface area contributed by atoms with Crippen LogP contribution >= 0.6 is 0 Å². The molecule has 0 aromatic rings. The second kappa shape index (κ2) is 70.3. The molecule has 0 aromatic carbocycles. The number of aliphatic hydroxyl groups excluding tert-OH is 2. The molecule has 6 heteroatoms. The molecule has 80 heavy (non-hydrogen) atoms. The minimum atomic E-state index is -0.662. The number of hydrogen-bond donors (Lipinski definition) is 3. The highest BCUT2D eigenvalue weighted by atomic mass is 16.5. The number of nitrogens with one attached hydrogen (secondary N) is 1. The van der Waals surface area contributed by atoms with Crippen molar-refractivity contribution in [3.05, 3.63) is 0 Å². The number of ether oxygens (including phenoxy) is 1. The van der Waals surface area contributed by atoms with Crippen molar-refractivity contribution in [2.45, 2.75) is 450 Å². The van der Waals surface area contributed by atoms with Crippen molar-refractivity contribution in [1.29, 1.82) is 0 Å². The van der Waals surface area contributed by atoms with Crippen LogP contribution in [0.3, 0.4) is 0 Å². The lowest BCUT2D eigenvalue weighted by Gasteiger charge is -2.22. The number of esters is 1.